The first-order valence-electron chi connectivity index (χ1n) is 6.97. The van der Waals surface area contributed by atoms with Crippen LogP contribution >= 0.6 is 23.1 Å². The smallest absolute Gasteiger partial charge is 0.237 e. The van der Waals surface area contributed by atoms with Gasteiger partial charge < -0.3 is 10.1 Å². The van der Waals surface area contributed by atoms with Gasteiger partial charge in [0.1, 0.15) is 21.9 Å². The lowest BCUT2D eigenvalue weighted by Crippen LogP contribution is -2.22. The molecule has 2 aromatic heterocycles. The number of carbonyl (C=O) groups is 1. The van der Waals surface area contributed by atoms with Gasteiger partial charge in [0.25, 0.3) is 0 Å². The highest BCUT2D eigenvalue weighted by Gasteiger charge is 2.17. The van der Waals surface area contributed by atoms with Gasteiger partial charge in [0.05, 0.1) is 12.4 Å². The Morgan fingerprint density at radius 1 is 1.35 bits per heavy atom. The molecule has 7 heteroatoms. The van der Waals surface area contributed by atoms with Crippen molar-refractivity contribution in [3.05, 3.63) is 42.0 Å². The summed E-state index contributed by atoms with van der Waals surface area (Å²) in [4.78, 5) is 21.8. The molecule has 1 aromatic carbocycles. The Labute approximate surface area is 142 Å². The van der Waals surface area contributed by atoms with Crippen LogP contribution in [0.1, 0.15) is 6.92 Å². The highest BCUT2D eigenvalue weighted by Crippen LogP contribution is 2.30. The quantitative estimate of drug-likeness (QED) is 0.562. The van der Waals surface area contributed by atoms with E-state index in [2.05, 4.69) is 15.3 Å². The lowest BCUT2D eigenvalue weighted by atomic mass is 10.3. The maximum absolute atomic E-state index is 12.4. The Morgan fingerprint density at radius 2 is 2.22 bits per heavy atom. The molecular weight excluding hydrogens is 330 g/mol. The normalized spacial score (nSPS) is 12.1. The SMILES string of the molecule is COc1cccc(NC(=O)[C@@H](C)Sc2ncnc3sccc23)c1. The van der Waals surface area contributed by atoms with E-state index in [0.29, 0.717) is 11.4 Å². The average Bonchev–Trinajstić information content (AvgIpc) is 3.04. The number of benzene rings is 1. The molecule has 1 atom stereocenters. The van der Waals surface area contributed by atoms with E-state index in [0.717, 1.165) is 15.2 Å². The van der Waals surface area contributed by atoms with Crippen molar-refractivity contribution >= 4 is 44.9 Å². The summed E-state index contributed by atoms with van der Waals surface area (Å²) >= 11 is 2.99. The lowest BCUT2D eigenvalue weighted by Gasteiger charge is -2.12. The van der Waals surface area contributed by atoms with Crippen LogP contribution in [0.4, 0.5) is 5.69 Å². The molecule has 0 saturated carbocycles. The number of thioether (sulfide) groups is 1. The maximum Gasteiger partial charge on any atom is 0.237 e. The molecule has 3 rings (SSSR count). The van der Waals surface area contributed by atoms with Gasteiger partial charge in [-0.2, -0.15) is 0 Å². The molecule has 0 fully saturated rings. The van der Waals surface area contributed by atoms with E-state index in [1.54, 1.807) is 24.5 Å². The summed E-state index contributed by atoms with van der Waals surface area (Å²) in [5.74, 6) is 0.629. The van der Waals surface area contributed by atoms with E-state index >= 15 is 0 Å². The van der Waals surface area contributed by atoms with Crippen molar-refractivity contribution in [2.45, 2.75) is 17.2 Å². The van der Waals surface area contributed by atoms with E-state index in [4.69, 9.17) is 4.74 Å². The van der Waals surface area contributed by atoms with Crippen molar-refractivity contribution in [3.63, 3.8) is 0 Å². The van der Waals surface area contributed by atoms with Gasteiger partial charge in [-0.3, -0.25) is 4.79 Å². The molecule has 118 valence electrons. The molecule has 3 aromatic rings. The number of aromatic nitrogens is 2. The van der Waals surface area contributed by atoms with Crippen LogP contribution in [0.25, 0.3) is 10.2 Å². The summed E-state index contributed by atoms with van der Waals surface area (Å²) in [7, 11) is 1.60. The van der Waals surface area contributed by atoms with Gasteiger partial charge in [-0.05, 0) is 30.5 Å². The Hall–Kier alpha value is -2.12. The topological polar surface area (TPSA) is 64.1 Å². The van der Waals surface area contributed by atoms with E-state index in [9.17, 15) is 4.79 Å². The molecule has 1 amide bonds. The third kappa shape index (κ3) is 3.62. The molecule has 0 radical (unpaired) electrons. The van der Waals surface area contributed by atoms with Crippen molar-refractivity contribution in [3.8, 4) is 5.75 Å². The summed E-state index contributed by atoms with van der Waals surface area (Å²) in [6, 6.07) is 9.28. The predicted octanol–water partition coefficient (Wildman–Crippen LogP) is 3.82. The number of nitrogens with zero attached hydrogens (tertiary/aromatic N) is 2. The van der Waals surface area contributed by atoms with E-state index in [-0.39, 0.29) is 11.2 Å². The van der Waals surface area contributed by atoms with E-state index in [1.165, 1.54) is 18.1 Å². The average molecular weight is 345 g/mol. The lowest BCUT2D eigenvalue weighted by molar-refractivity contribution is -0.115. The van der Waals surface area contributed by atoms with Crippen molar-refractivity contribution < 1.29 is 9.53 Å². The van der Waals surface area contributed by atoms with Gasteiger partial charge in [-0.1, -0.05) is 17.8 Å². The number of rotatable bonds is 5. The van der Waals surface area contributed by atoms with Crippen LogP contribution in [0.2, 0.25) is 0 Å². The van der Waals surface area contributed by atoms with Gasteiger partial charge in [0.15, 0.2) is 0 Å². The first-order valence-corrected chi connectivity index (χ1v) is 8.73. The minimum Gasteiger partial charge on any atom is -0.497 e. The van der Waals surface area contributed by atoms with Crippen LogP contribution in [-0.2, 0) is 4.79 Å². The van der Waals surface area contributed by atoms with Gasteiger partial charge in [0.2, 0.25) is 5.91 Å². The Balaban J connectivity index is 1.71. The van der Waals surface area contributed by atoms with Crippen LogP contribution < -0.4 is 10.1 Å². The van der Waals surface area contributed by atoms with Gasteiger partial charge >= 0.3 is 0 Å². The van der Waals surface area contributed by atoms with E-state index in [1.807, 2.05) is 36.6 Å². The molecule has 0 spiro atoms. The summed E-state index contributed by atoms with van der Waals surface area (Å²) in [6.45, 7) is 1.86. The number of hydrogen-bond acceptors (Lipinski definition) is 6. The summed E-state index contributed by atoms with van der Waals surface area (Å²) in [6.07, 6.45) is 1.54. The zero-order valence-corrected chi connectivity index (χ0v) is 14.3. The molecule has 2 heterocycles. The Morgan fingerprint density at radius 3 is 3.04 bits per heavy atom. The van der Waals surface area contributed by atoms with Crippen molar-refractivity contribution in [2.75, 3.05) is 12.4 Å². The number of hydrogen-bond donors (Lipinski definition) is 1. The minimum atomic E-state index is -0.279. The molecule has 0 saturated heterocycles. The third-order valence-corrected chi connectivity index (χ3v) is 5.16. The number of anilines is 1. The first-order chi connectivity index (χ1) is 11.2. The molecule has 23 heavy (non-hydrogen) atoms. The van der Waals surface area contributed by atoms with E-state index < -0.39 is 0 Å². The fourth-order valence-electron chi connectivity index (χ4n) is 2.03. The zero-order valence-electron chi connectivity index (χ0n) is 12.6. The number of carbonyl (C=O) groups excluding carboxylic acids is 1. The molecule has 0 aliphatic heterocycles. The number of amides is 1. The fraction of sp³-hybridized carbons (Fsp3) is 0.188. The second-order valence-corrected chi connectivity index (χ2v) is 7.02. The Bertz CT molecular complexity index is 835. The second kappa shape index (κ2) is 6.97. The maximum atomic E-state index is 12.4. The molecule has 5 nitrogen and oxygen atoms in total. The van der Waals surface area contributed by atoms with Crippen molar-refractivity contribution in [1.29, 1.82) is 0 Å². The number of ether oxygens (including phenoxy) is 1. The van der Waals surface area contributed by atoms with Gasteiger partial charge in [-0.15, -0.1) is 11.3 Å². The highest BCUT2D eigenvalue weighted by atomic mass is 32.2. The van der Waals surface area contributed by atoms with Crippen LogP contribution in [0.3, 0.4) is 0 Å². The third-order valence-electron chi connectivity index (χ3n) is 3.22. The van der Waals surface area contributed by atoms with Crippen molar-refractivity contribution in [1.82, 2.24) is 9.97 Å². The summed E-state index contributed by atoms with van der Waals surface area (Å²) in [5.41, 5.74) is 0.713. The van der Waals surface area contributed by atoms with Crippen molar-refractivity contribution in [2.24, 2.45) is 0 Å². The minimum absolute atomic E-state index is 0.0785. The molecule has 0 aliphatic rings. The summed E-state index contributed by atoms with van der Waals surface area (Å²) < 4.78 is 5.16. The number of thiophene rings is 1. The van der Waals surface area contributed by atoms with Crippen LogP contribution in [0.5, 0.6) is 5.75 Å². The number of fused-ring (bicyclic) bond motifs is 1. The molecule has 0 unspecified atom stereocenters. The zero-order chi connectivity index (χ0) is 16.2. The predicted molar refractivity (Wildman–Crippen MR) is 94.4 cm³/mol. The molecule has 0 bridgehead atoms. The molecular formula is C16H15N3O2S2. The molecule has 0 aliphatic carbocycles. The molecule has 1 N–H and O–H groups in total. The van der Waals surface area contributed by atoms with Gasteiger partial charge in [0, 0.05) is 17.1 Å². The fourth-order valence-corrected chi connectivity index (χ4v) is 3.72. The highest BCUT2D eigenvalue weighted by molar-refractivity contribution is 8.00. The summed E-state index contributed by atoms with van der Waals surface area (Å²) in [5, 5.41) is 6.41. The largest absolute Gasteiger partial charge is 0.497 e. The number of nitrogens with one attached hydrogen (secondary N) is 1. The van der Waals surface area contributed by atoms with Crippen LogP contribution in [0, 0.1) is 0 Å². The van der Waals surface area contributed by atoms with Crippen LogP contribution in [-0.4, -0.2) is 28.2 Å². The van der Waals surface area contributed by atoms with Crippen LogP contribution in [0.15, 0.2) is 47.1 Å². The monoisotopic (exact) mass is 345 g/mol. The first kappa shape index (κ1) is 15.8. The standard InChI is InChI=1S/C16H15N3O2S2/c1-10(14(20)19-11-4-3-5-12(8-11)21-2)23-16-13-6-7-22-15(13)17-9-18-16/h3-10H,1-2H3,(H,19,20)/t10-/m1/s1. The number of methoxy groups -OCH3 is 1. The Kier molecular flexibility index (Phi) is 4.78. The second-order valence-electron chi connectivity index (χ2n) is 4.80. The van der Waals surface area contributed by atoms with Gasteiger partial charge in [-0.25, -0.2) is 9.97 Å².